The Morgan fingerprint density at radius 1 is 1.11 bits per heavy atom. The predicted molar refractivity (Wildman–Crippen MR) is 134 cm³/mol. The molecular formula is C27H28FN5O5. The highest BCUT2D eigenvalue weighted by Crippen LogP contribution is 2.17. The first-order valence-corrected chi connectivity index (χ1v) is 12.2. The second-order valence-corrected chi connectivity index (χ2v) is 8.99. The van der Waals surface area contributed by atoms with Gasteiger partial charge in [0, 0.05) is 13.1 Å². The van der Waals surface area contributed by atoms with Gasteiger partial charge in [0.25, 0.3) is 11.8 Å². The van der Waals surface area contributed by atoms with Crippen molar-refractivity contribution in [2.45, 2.75) is 31.8 Å². The van der Waals surface area contributed by atoms with Gasteiger partial charge in [-0.3, -0.25) is 19.2 Å². The van der Waals surface area contributed by atoms with Gasteiger partial charge in [0.2, 0.25) is 17.6 Å². The molecule has 1 aromatic heterocycles. The smallest absolute Gasteiger partial charge is 0.291 e. The first-order valence-electron chi connectivity index (χ1n) is 12.2. The summed E-state index contributed by atoms with van der Waals surface area (Å²) in [6, 6.07) is 11.4. The molecule has 4 amide bonds. The zero-order chi connectivity index (χ0) is 27.1. The van der Waals surface area contributed by atoms with Crippen molar-refractivity contribution in [1.82, 2.24) is 25.8 Å². The van der Waals surface area contributed by atoms with Crippen LogP contribution in [0, 0.1) is 5.82 Å². The van der Waals surface area contributed by atoms with E-state index in [0.717, 1.165) is 6.39 Å². The van der Waals surface area contributed by atoms with Crippen LogP contribution < -0.4 is 16.0 Å². The van der Waals surface area contributed by atoms with E-state index >= 15 is 0 Å². The minimum atomic E-state index is -1.02. The van der Waals surface area contributed by atoms with Crippen molar-refractivity contribution in [3.63, 3.8) is 0 Å². The maximum atomic E-state index is 14.4. The number of rotatable bonds is 2. The predicted octanol–water partition coefficient (Wildman–Crippen LogP) is 1.99. The minimum Gasteiger partial charge on any atom is -0.438 e. The van der Waals surface area contributed by atoms with Crippen molar-refractivity contribution in [3.8, 4) is 0 Å². The van der Waals surface area contributed by atoms with Crippen LogP contribution in [0.15, 0.2) is 65.5 Å². The second-order valence-electron chi connectivity index (χ2n) is 8.99. The zero-order valence-electron chi connectivity index (χ0n) is 20.8. The van der Waals surface area contributed by atoms with Crippen molar-refractivity contribution in [3.05, 3.63) is 89.4 Å². The van der Waals surface area contributed by atoms with Crippen molar-refractivity contribution in [2.24, 2.45) is 0 Å². The first-order chi connectivity index (χ1) is 18.3. The third-order valence-corrected chi connectivity index (χ3v) is 6.17. The van der Waals surface area contributed by atoms with Gasteiger partial charge >= 0.3 is 0 Å². The van der Waals surface area contributed by atoms with Gasteiger partial charge in [0.05, 0.1) is 17.8 Å². The summed E-state index contributed by atoms with van der Waals surface area (Å²) in [7, 11) is 0. The fraction of sp³-hybridized carbons (Fsp3) is 0.296. The van der Waals surface area contributed by atoms with Crippen LogP contribution in [0.5, 0.6) is 0 Å². The largest absolute Gasteiger partial charge is 0.438 e. The van der Waals surface area contributed by atoms with Crippen LogP contribution in [0.4, 0.5) is 4.39 Å². The van der Waals surface area contributed by atoms with E-state index in [4.69, 9.17) is 4.42 Å². The van der Waals surface area contributed by atoms with Crippen molar-refractivity contribution in [1.29, 1.82) is 0 Å². The summed E-state index contributed by atoms with van der Waals surface area (Å²) in [5.41, 5.74) is 1.21. The van der Waals surface area contributed by atoms with Crippen LogP contribution in [0.25, 0.3) is 0 Å². The highest BCUT2D eigenvalue weighted by atomic mass is 19.1. The molecule has 0 fully saturated rings. The Labute approximate surface area is 218 Å². The summed E-state index contributed by atoms with van der Waals surface area (Å²) < 4.78 is 19.6. The molecule has 2 aromatic carbocycles. The van der Waals surface area contributed by atoms with Gasteiger partial charge < -0.3 is 25.3 Å². The average molecular weight is 522 g/mol. The van der Waals surface area contributed by atoms with E-state index in [1.807, 2.05) is 0 Å². The standard InChI is InChI=1S/C27H28FN5O5/c1-17-25(35)32-22(19-7-3-2-4-8-19)14-33(27(37)23-13-29-16-38-23)15-24(34)30-11-5-6-18-9-10-21(28)20(12-18)26(36)31-17/h2-4,7-10,12-13,16-17,22H,5-6,11,14-15H2,1H3,(H,30,34)(H,31,36)(H,32,35)/t17-,22-/m1/s1. The van der Waals surface area contributed by atoms with E-state index in [-0.39, 0.29) is 24.4 Å². The first kappa shape index (κ1) is 26.5. The lowest BCUT2D eigenvalue weighted by Gasteiger charge is -2.28. The number of amides is 4. The van der Waals surface area contributed by atoms with Gasteiger partial charge in [0.1, 0.15) is 18.4 Å². The molecule has 38 heavy (non-hydrogen) atoms. The van der Waals surface area contributed by atoms with Crippen LogP contribution in [0.3, 0.4) is 0 Å². The summed E-state index contributed by atoms with van der Waals surface area (Å²) >= 11 is 0. The minimum absolute atomic E-state index is 0.0521. The molecule has 2 bridgehead atoms. The molecule has 0 aliphatic carbocycles. The lowest BCUT2D eigenvalue weighted by Crippen LogP contribution is -2.49. The Morgan fingerprint density at radius 3 is 2.63 bits per heavy atom. The Bertz CT molecular complexity index is 1300. The molecule has 3 aromatic rings. The average Bonchev–Trinajstić information content (AvgIpc) is 3.45. The molecule has 11 heteroatoms. The lowest BCUT2D eigenvalue weighted by atomic mass is 10.0. The summed E-state index contributed by atoms with van der Waals surface area (Å²) in [6.07, 6.45) is 3.38. The molecule has 0 spiro atoms. The molecule has 0 saturated carbocycles. The topological polar surface area (TPSA) is 134 Å². The number of aryl methyl sites for hydroxylation is 1. The van der Waals surface area contributed by atoms with Crippen LogP contribution >= 0.6 is 0 Å². The maximum absolute atomic E-state index is 14.4. The number of fused-ring (bicyclic) bond motifs is 2. The quantitative estimate of drug-likeness (QED) is 0.472. The zero-order valence-corrected chi connectivity index (χ0v) is 20.8. The van der Waals surface area contributed by atoms with E-state index in [2.05, 4.69) is 20.9 Å². The number of hydrogen-bond acceptors (Lipinski definition) is 6. The fourth-order valence-corrected chi connectivity index (χ4v) is 4.12. The van der Waals surface area contributed by atoms with Crippen LogP contribution in [-0.4, -0.2) is 59.2 Å². The number of nitrogens with one attached hydrogen (secondary N) is 3. The molecule has 1 aliphatic rings. The van der Waals surface area contributed by atoms with Gasteiger partial charge in [-0.05, 0) is 43.0 Å². The molecule has 0 unspecified atom stereocenters. The van der Waals surface area contributed by atoms with Gasteiger partial charge in [-0.25, -0.2) is 9.37 Å². The van der Waals surface area contributed by atoms with Crippen LogP contribution in [0.1, 0.15) is 51.4 Å². The number of halogens is 1. The Balaban J connectivity index is 1.65. The van der Waals surface area contributed by atoms with Crippen LogP contribution in [0.2, 0.25) is 0 Å². The van der Waals surface area contributed by atoms with Crippen LogP contribution in [-0.2, 0) is 16.0 Å². The Hall–Kier alpha value is -4.54. The van der Waals surface area contributed by atoms with E-state index in [0.29, 0.717) is 30.5 Å². The van der Waals surface area contributed by atoms with Gasteiger partial charge in [-0.1, -0.05) is 36.4 Å². The number of oxazole rings is 1. The van der Waals surface area contributed by atoms with Gasteiger partial charge in [0.15, 0.2) is 6.39 Å². The van der Waals surface area contributed by atoms with Gasteiger partial charge in [-0.2, -0.15) is 0 Å². The van der Waals surface area contributed by atoms with Crippen molar-refractivity contribution >= 4 is 23.6 Å². The van der Waals surface area contributed by atoms with Crippen molar-refractivity contribution < 1.29 is 28.0 Å². The maximum Gasteiger partial charge on any atom is 0.291 e. The third-order valence-electron chi connectivity index (χ3n) is 6.17. The SMILES string of the molecule is C[C@H]1NC(=O)c2cc(ccc2F)CCCNC(=O)CN(C(=O)c2cnco2)C[C@H](c2ccccc2)NC1=O. The summed E-state index contributed by atoms with van der Waals surface area (Å²) in [5, 5.41) is 8.18. The molecule has 0 radical (unpaired) electrons. The van der Waals surface area contributed by atoms with E-state index in [9.17, 15) is 23.6 Å². The molecular weight excluding hydrogens is 493 g/mol. The molecule has 1 aliphatic heterocycles. The lowest BCUT2D eigenvalue weighted by molar-refractivity contribution is -0.123. The number of carbonyl (C=O) groups excluding carboxylic acids is 4. The normalized spacial score (nSPS) is 19.6. The molecule has 198 valence electrons. The molecule has 3 N–H and O–H groups in total. The summed E-state index contributed by atoms with van der Waals surface area (Å²) in [4.78, 5) is 57.0. The molecule has 2 heterocycles. The van der Waals surface area contributed by atoms with Gasteiger partial charge in [-0.15, -0.1) is 0 Å². The number of nitrogens with zero attached hydrogens (tertiary/aromatic N) is 2. The monoisotopic (exact) mass is 521 g/mol. The van der Waals surface area contributed by atoms with E-state index in [1.165, 1.54) is 30.2 Å². The van der Waals surface area contributed by atoms with Crippen molar-refractivity contribution in [2.75, 3.05) is 19.6 Å². The number of carbonyl (C=O) groups is 4. The highest BCUT2D eigenvalue weighted by molar-refractivity contribution is 5.98. The van der Waals surface area contributed by atoms with E-state index in [1.54, 1.807) is 36.4 Å². The molecule has 10 nitrogen and oxygen atoms in total. The number of hydrogen-bond donors (Lipinski definition) is 3. The summed E-state index contributed by atoms with van der Waals surface area (Å²) in [6.45, 7) is 1.43. The van der Waals surface area contributed by atoms with E-state index < -0.39 is 41.5 Å². The fourth-order valence-electron chi connectivity index (χ4n) is 4.12. The molecule has 2 atom stereocenters. The summed E-state index contributed by atoms with van der Waals surface area (Å²) in [5.74, 6) is -2.99. The Morgan fingerprint density at radius 2 is 1.89 bits per heavy atom. The third kappa shape index (κ3) is 6.61. The number of benzene rings is 2. The molecule has 0 saturated heterocycles. The molecule has 4 rings (SSSR count). The second kappa shape index (κ2) is 12.1. The highest BCUT2D eigenvalue weighted by Gasteiger charge is 2.28. The number of aromatic nitrogens is 1. The Kier molecular flexibility index (Phi) is 8.47.